The van der Waals surface area contributed by atoms with Gasteiger partial charge < -0.3 is 5.73 Å². The molecule has 16 heavy (non-hydrogen) atoms. The maximum Gasteiger partial charge on any atom is 0.184 e. The molecule has 2 rings (SSSR count). The first kappa shape index (κ1) is 10.6. The molecular weight excluding hydrogens is 216 g/mol. The van der Waals surface area contributed by atoms with Gasteiger partial charge in [-0.05, 0) is 29.5 Å². The molecule has 2 aromatic rings. The lowest BCUT2D eigenvalue weighted by Crippen LogP contribution is -2.14. The minimum absolute atomic E-state index is 0.0581. The standard InChI is InChI=1S/C9H9F2N5/c1-5(12)9-13-14-15-16(9)7-4-2-3-6(10)8(7)11/h2-5H,12H2,1H3. The summed E-state index contributed by atoms with van der Waals surface area (Å²) in [5, 5.41) is 10.6. The van der Waals surface area contributed by atoms with Crippen molar-refractivity contribution in [3.05, 3.63) is 35.7 Å². The van der Waals surface area contributed by atoms with Crippen molar-refractivity contribution in [3.8, 4) is 5.69 Å². The molecule has 0 fully saturated rings. The smallest absolute Gasteiger partial charge is 0.184 e. The summed E-state index contributed by atoms with van der Waals surface area (Å²) >= 11 is 0. The quantitative estimate of drug-likeness (QED) is 0.826. The number of hydrogen-bond acceptors (Lipinski definition) is 4. The zero-order valence-electron chi connectivity index (χ0n) is 8.43. The van der Waals surface area contributed by atoms with Crippen LogP contribution in [0.3, 0.4) is 0 Å². The molecule has 1 aromatic heterocycles. The third-order valence-corrected chi connectivity index (χ3v) is 2.06. The van der Waals surface area contributed by atoms with Gasteiger partial charge in [0.05, 0.1) is 6.04 Å². The van der Waals surface area contributed by atoms with Crippen LogP contribution in [0.5, 0.6) is 0 Å². The highest BCUT2D eigenvalue weighted by Crippen LogP contribution is 2.17. The highest BCUT2D eigenvalue weighted by molar-refractivity contribution is 5.33. The highest BCUT2D eigenvalue weighted by Gasteiger charge is 2.16. The van der Waals surface area contributed by atoms with Crippen LogP contribution < -0.4 is 5.73 Å². The van der Waals surface area contributed by atoms with Crippen LogP contribution in [0, 0.1) is 11.6 Å². The van der Waals surface area contributed by atoms with Gasteiger partial charge in [0.25, 0.3) is 0 Å². The van der Waals surface area contributed by atoms with E-state index < -0.39 is 17.7 Å². The van der Waals surface area contributed by atoms with E-state index in [4.69, 9.17) is 5.73 Å². The van der Waals surface area contributed by atoms with Crippen molar-refractivity contribution in [2.24, 2.45) is 5.73 Å². The molecule has 0 bridgehead atoms. The molecule has 84 valence electrons. The Morgan fingerprint density at radius 2 is 2.12 bits per heavy atom. The SMILES string of the molecule is CC(N)c1nnnn1-c1cccc(F)c1F. The van der Waals surface area contributed by atoms with E-state index in [0.29, 0.717) is 0 Å². The second-order valence-corrected chi connectivity index (χ2v) is 3.31. The molecule has 2 N–H and O–H groups in total. The van der Waals surface area contributed by atoms with E-state index in [9.17, 15) is 8.78 Å². The fraction of sp³-hybridized carbons (Fsp3) is 0.222. The molecule has 1 unspecified atom stereocenters. The number of nitrogens with zero attached hydrogens (tertiary/aromatic N) is 4. The van der Waals surface area contributed by atoms with Crippen LogP contribution in [-0.2, 0) is 0 Å². The van der Waals surface area contributed by atoms with Gasteiger partial charge in [-0.15, -0.1) is 5.10 Å². The van der Waals surface area contributed by atoms with E-state index in [1.165, 1.54) is 12.1 Å². The Bertz CT molecular complexity index is 508. The number of halogens is 2. The first-order valence-corrected chi connectivity index (χ1v) is 4.59. The van der Waals surface area contributed by atoms with Crippen LogP contribution in [-0.4, -0.2) is 20.2 Å². The summed E-state index contributed by atoms with van der Waals surface area (Å²) in [4.78, 5) is 0. The maximum absolute atomic E-state index is 13.5. The molecule has 1 heterocycles. The summed E-state index contributed by atoms with van der Waals surface area (Å²) in [5.74, 6) is -1.69. The predicted octanol–water partition coefficient (Wildman–Crippen LogP) is 0.960. The molecule has 1 aromatic carbocycles. The Morgan fingerprint density at radius 3 is 2.81 bits per heavy atom. The molecule has 7 heteroatoms. The van der Waals surface area contributed by atoms with Crippen LogP contribution in [0.25, 0.3) is 5.69 Å². The summed E-state index contributed by atoms with van der Waals surface area (Å²) in [6, 6.07) is 3.30. The van der Waals surface area contributed by atoms with Crippen molar-refractivity contribution >= 4 is 0 Å². The van der Waals surface area contributed by atoms with Gasteiger partial charge in [0.2, 0.25) is 0 Å². The van der Waals surface area contributed by atoms with Crippen molar-refractivity contribution in [2.45, 2.75) is 13.0 Å². The summed E-state index contributed by atoms with van der Waals surface area (Å²) in [7, 11) is 0. The normalized spacial score (nSPS) is 12.8. The molecule has 0 aliphatic heterocycles. The van der Waals surface area contributed by atoms with Gasteiger partial charge in [0.15, 0.2) is 17.5 Å². The fourth-order valence-electron chi connectivity index (χ4n) is 1.31. The fourth-order valence-corrected chi connectivity index (χ4v) is 1.31. The van der Waals surface area contributed by atoms with E-state index >= 15 is 0 Å². The molecule has 0 radical (unpaired) electrons. The van der Waals surface area contributed by atoms with Crippen LogP contribution in [0.4, 0.5) is 8.78 Å². The molecular formula is C9H9F2N5. The molecule has 0 saturated heterocycles. The minimum atomic E-state index is -1.00. The monoisotopic (exact) mass is 225 g/mol. The van der Waals surface area contributed by atoms with E-state index in [1.807, 2.05) is 0 Å². The van der Waals surface area contributed by atoms with Gasteiger partial charge in [-0.1, -0.05) is 6.07 Å². The molecule has 0 saturated carbocycles. The Morgan fingerprint density at radius 1 is 1.38 bits per heavy atom. The lowest BCUT2D eigenvalue weighted by molar-refractivity contribution is 0.498. The van der Waals surface area contributed by atoms with Crippen molar-refractivity contribution in [1.82, 2.24) is 20.2 Å². The number of rotatable bonds is 2. The number of tetrazole rings is 1. The molecule has 0 amide bonds. The average Bonchev–Trinajstić information content (AvgIpc) is 2.70. The molecule has 0 spiro atoms. The summed E-state index contributed by atoms with van der Waals surface area (Å²) < 4.78 is 27.6. The lowest BCUT2D eigenvalue weighted by atomic mass is 10.2. The van der Waals surface area contributed by atoms with Gasteiger partial charge in [0.1, 0.15) is 5.69 Å². The van der Waals surface area contributed by atoms with Gasteiger partial charge in [-0.25, -0.2) is 8.78 Å². The van der Waals surface area contributed by atoms with E-state index in [1.54, 1.807) is 6.92 Å². The Balaban J connectivity index is 2.59. The van der Waals surface area contributed by atoms with E-state index in [-0.39, 0.29) is 11.5 Å². The third kappa shape index (κ3) is 1.65. The topological polar surface area (TPSA) is 69.6 Å². The van der Waals surface area contributed by atoms with E-state index in [0.717, 1.165) is 10.7 Å². The first-order valence-electron chi connectivity index (χ1n) is 4.59. The lowest BCUT2D eigenvalue weighted by Gasteiger charge is -2.07. The first-order chi connectivity index (χ1) is 7.61. The van der Waals surface area contributed by atoms with Crippen molar-refractivity contribution in [2.75, 3.05) is 0 Å². The Labute approximate surface area is 89.9 Å². The van der Waals surface area contributed by atoms with Gasteiger partial charge >= 0.3 is 0 Å². The van der Waals surface area contributed by atoms with Crippen LogP contribution >= 0.6 is 0 Å². The minimum Gasteiger partial charge on any atom is -0.321 e. The van der Waals surface area contributed by atoms with Gasteiger partial charge in [-0.3, -0.25) is 0 Å². The molecule has 5 nitrogen and oxygen atoms in total. The number of benzene rings is 1. The average molecular weight is 225 g/mol. The third-order valence-electron chi connectivity index (χ3n) is 2.06. The molecule has 1 atom stereocenters. The van der Waals surface area contributed by atoms with E-state index in [2.05, 4.69) is 15.5 Å². The van der Waals surface area contributed by atoms with Gasteiger partial charge in [-0.2, -0.15) is 4.68 Å². The summed E-state index contributed by atoms with van der Waals surface area (Å²) in [5.41, 5.74) is 5.55. The Hall–Kier alpha value is -1.89. The predicted molar refractivity (Wildman–Crippen MR) is 51.7 cm³/mol. The summed E-state index contributed by atoms with van der Waals surface area (Å²) in [6.45, 7) is 1.65. The summed E-state index contributed by atoms with van der Waals surface area (Å²) in [6.07, 6.45) is 0. The highest BCUT2D eigenvalue weighted by atomic mass is 19.2. The zero-order chi connectivity index (χ0) is 11.7. The maximum atomic E-state index is 13.5. The van der Waals surface area contributed by atoms with Crippen LogP contribution in [0.2, 0.25) is 0 Å². The van der Waals surface area contributed by atoms with Gasteiger partial charge in [0, 0.05) is 0 Å². The number of hydrogen-bond donors (Lipinski definition) is 1. The Kier molecular flexibility index (Phi) is 2.61. The molecule has 0 aliphatic carbocycles. The van der Waals surface area contributed by atoms with Crippen LogP contribution in [0.1, 0.15) is 18.8 Å². The molecule has 0 aliphatic rings. The second-order valence-electron chi connectivity index (χ2n) is 3.31. The largest absolute Gasteiger partial charge is 0.321 e. The zero-order valence-corrected chi connectivity index (χ0v) is 8.43. The van der Waals surface area contributed by atoms with Crippen molar-refractivity contribution in [1.29, 1.82) is 0 Å². The number of aromatic nitrogens is 4. The van der Waals surface area contributed by atoms with Crippen molar-refractivity contribution in [3.63, 3.8) is 0 Å². The van der Waals surface area contributed by atoms with Crippen LogP contribution in [0.15, 0.2) is 18.2 Å². The second kappa shape index (κ2) is 3.93. The number of nitrogens with two attached hydrogens (primary N) is 1. The van der Waals surface area contributed by atoms with Crippen molar-refractivity contribution < 1.29 is 8.78 Å².